The molecule has 0 unspecified atom stereocenters. The summed E-state index contributed by atoms with van der Waals surface area (Å²) in [5, 5.41) is 10.8. The first-order valence-electron chi connectivity index (χ1n) is 7.75. The van der Waals surface area contributed by atoms with E-state index in [-0.39, 0.29) is 17.2 Å². The Hall–Kier alpha value is -1.60. The Kier molecular flexibility index (Phi) is 5.51. The van der Waals surface area contributed by atoms with Crippen molar-refractivity contribution in [1.29, 1.82) is 0 Å². The van der Waals surface area contributed by atoms with Crippen molar-refractivity contribution in [2.75, 3.05) is 18.0 Å². The van der Waals surface area contributed by atoms with Gasteiger partial charge < -0.3 is 10.2 Å². The molecule has 1 aromatic heterocycles. The fraction of sp³-hybridized carbons (Fsp3) is 0.438. The van der Waals surface area contributed by atoms with Crippen LogP contribution >= 0.6 is 23.1 Å². The Morgan fingerprint density at radius 1 is 1.35 bits per heavy atom. The second kappa shape index (κ2) is 7.79. The van der Waals surface area contributed by atoms with Gasteiger partial charge in [0.1, 0.15) is 5.51 Å². The van der Waals surface area contributed by atoms with Crippen LogP contribution in [-0.4, -0.2) is 40.5 Å². The fourth-order valence-electron chi connectivity index (χ4n) is 2.66. The van der Waals surface area contributed by atoms with E-state index in [1.165, 1.54) is 28.8 Å². The van der Waals surface area contributed by atoms with Gasteiger partial charge in [0.05, 0.1) is 5.25 Å². The van der Waals surface area contributed by atoms with E-state index in [1.807, 2.05) is 13.0 Å². The number of para-hydroxylation sites is 1. The van der Waals surface area contributed by atoms with Crippen molar-refractivity contribution in [3.63, 3.8) is 0 Å². The minimum Gasteiger partial charge on any atom is -0.371 e. The smallest absolute Gasteiger partial charge is 0.233 e. The van der Waals surface area contributed by atoms with Crippen molar-refractivity contribution in [3.8, 4) is 0 Å². The number of nitrogens with zero attached hydrogens (tertiary/aromatic N) is 3. The summed E-state index contributed by atoms with van der Waals surface area (Å²) in [5.41, 5.74) is 2.95. The molecule has 3 rings (SSSR count). The SMILES string of the molecule is C[C@@H](Sc1nncs1)C(=O)NC1CCN(c2ccccc2)CC1. The Morgan fingerprint density at radius 3 is 2.74 bits per heavy atom. The second-order valence-corrected chi connectivity index (χ2v) is 7.99. The largest absolute Gasteiger partial charge is 0.371 e. The van der Waals surface area contributed by atoms with Crippen LogP contribution in [0.5, 0.6) is 0 Å². The highest BCUT2D eigenvalue weighted by atomic mass is 32.2. The molecule has 1 N–H and O–H groups in total. The Balaban J connectivity index is 1.46. The maximum Gasteiger partial charge on any atom is 0.233 e. The number of carbonyl (C=O) groups excluding carboxylic acids is 1. The maximum atomic E-state index is 12.3. The lowest BCUT2D eigenvalue weighted by atomic mass is 10.0. The first-order chi connectivity index (χ1) is 11.2. The molecule has 1 aromatic carbocycles. The van der Waals surface area contributed by atoms with Gasteiger partial charge in [0.2, 0.25) is 5.91 Å². The normalized spacial score (nSPS) is 17.0. The quantitative estimate of drug-likeness (QED) is 0.842. The number of amides is 1. The van der Waals surface area contributed by atoms with Crippen molar-refractivity contribution in [2.45, 2.75) is 35.4 Å². The minimum atomic E-state index is -0.143. The van der Waals surface area contributed by atoms with E-state index in [2.05, 4.69) is 44.7 Å². The molecule has 5 nitrogen and oxygen atoms in total. The number of carbonyl (C=O) groups is 1. The number of thioether (sulfide) groups is 1. The zero-order valence-electron chi connectivity index (χ0n) is 13.0. The summed E-state index contributed by atoms with van der Waals surface area (Å²) in [6.07, 6.45) is 1.97. The van der Waals surface area contributed by atoms with E-state index in [4.69, 9.17) is 0 Å². The van der Waals surface area contributed by atoms with Crippen molar-refractivity contribution >= 4 is 34.7 Å². The Bertz CT molecular complexity index is 612. The topological polar surface area (TPSA) is 58.1 Å². The number of rotatable bonds is 5. The van der Waals surface area contributed by atoms with Crippen LogP contribution in [0.25, 0.3) is 0 Å². The molecule has 0 aliphatic carbocycles. The number of benzene rings is 1. The average molecular weight is 348 g/mol. The highest BCUT2D eigenvalue weighted by Gasteiger charge is 2.23. The average Bonchev–Trinajstić information content (AvgIpc) is 3.09. The number of hydrogen-bond donors (Lipinski definition) is 1. The zero-order chi connectivity index (χ0) is 16.1. The maximum absolute atomic E-state index is 12.3. The van der Waals surface area contributed by atoms with Crippen LogP contribution in [0.4, 0.5) is 5.69 Å². The summed E-state index contributed by atoms with van der Waals surface area (Å²) in [4.78, 5) is 14.7. The molecule has 1 aliphatic rings. The molecule has 23 heavy (non-hydrogen) atoms. The first kappa shape index (κ1) is 16.3. The third kappa shape index (κ3) is 4.45. The summed E-state index contributed by atoms with van der Waals surface area (Å²) in [5.74, 6) is 0.0864. The Labute approximate surface area is 144 Å². The lowest BCUT2D eigenvalue weighted by molar-refractivity contribution is -0.121. The van der Waals surface area contributed by atoms with Gasteiger partial charge >= 0.3 is 0 Å². The lowest BCUT2D eigenvalue weighted by Gasteiger charge is -2.34. The van der Waals surface area contributed by atoms with Gasteiger partial charge in [-0.2, -0.15) is 0 Å². The molecule has 0 saturated carbocycles. The molecule has 0 spiro atoms. The summed E-state index contributed by atoms with van der Waals surface area (Å²) in [7, 11) is 0. The molecule has 1 saturated heterocycles. The van der Waals surface area contributed by atoms with Crippen LogP contribution in [0, 0.1) is 0 Å². The minimum absolute atomic E-state index is 0.0864. The van der Waals surface area contributed by atoms with E-state index in [0.29, 0.717) is 0 Å². The first-order valence-corrected chi connectivity index (χ1v) is 9.51. The van der Waals surface area contributed by atoms with E-state index in [0.717, 1.165) is 30.3 Å². The standard InChI is InChI=1S/C16H20N4OS2/c1-12(23-16-19-17-11-22-16)15(21)18-13-7-9-20(10-8-13)14-5-3-2-4-6-14/h2-6,11-13H,7-10H2,1H3,(H,18,21)/t12-/m1/s1. The van der Waals surface area contributed by atoms with Gasteiger partial charge in [-0.05, 0) is 31.9 Å². The predicted octanol–water partition coefficient (Wildman–Crippen LogP) is 2.80. The third-order valence-electron chi connectivity index (χ3n) is 3.95. The number of anilines is 1. The molecule has 2 heterocycles. The molecule has 7 heteroatoms. The second-order valence-electron chi connectivity index (χ2n) is 5.57. The van der Waals surface area contributed by atoms with E-state index in [9.17, 15) is 4.79 Å². The van der Waals surface area contributed by atoms with Gasteiger partial charge in [-0.15, -0.1) is 10.2 Å². The van der Waals surface area contributed by atoms with Crippen LogP contribution in [0.3, 0.4) is 0 Å². The van der Waals surface area contributed by atoms with Gasteiger partial charge in [0.25, 0.3) is 0 Å². The molecule has 1 aliphatic heterocycles. The van der Waals surface area contributed by atoms with Crippen LogP contribution in [0.2, 0.25) is 0 Å². The molecule has 0 radical (unpaired) electrons. The monoisotopic (exact) mass is 348 g/mol. The molecule has 122 valence electrons. The predicted molar refractivity (Wildman–Crippen MR) is 95.0 cm³/mol. The number of aromatic nitrogens is 2. The molecule has 1 atom stereocenters. The number of nitrogens with one attached hydrogen (secondary N) is 1. The van der Waals surface area contributed by atoms with Gasteiger partial charge in [-0.3, -0.25) is 4.79 Å². The summed E-state index contributed by atoms with van der Waals surface area (Å²) in [6, 6.07) is 10.7. The third-order valence-corrected chi connectivity index (χ3v) is 5.86. The van der Waals surface area contributed by atoms with Gasteiger partial charge in [0.15, 0.2) is 4.34 Å². The van der Waals surface area contributed by atoms with Crippen LogP contribution in [0.15, 0.2) is 40.2 Å². The van der Waals surface area contributed by atoms with Gasteiger partial charge in [0, 0.05) is 24.8 Å². The number of piperidine rings is 1. The number of hydrogen-bond acceptors (Lipinski definition) is 6. The van der Waals surface area contributed by atoms with Crippen molar-refractivity contribution in [2.24, 2.45) is 0 Å². The van der Waals surface area contributed by atoms with Crippen molar-refractivity contribution < 1.29 is 4.79 Å². The molecular weight excluding hydrogens is 328 g/mol. The Morgan fingerprint density at radius 2 is 2.09 bits per heavy atom. The molecule has 1 fully saturated rings. The zero-order valence-corrected chi connectivity index (χ0v) is 14.6. The van der Waals surface area contributed by atoms with Crippen LogP contribution in [0.1, 0.15) is 19.8 Å². The van der Waals surface area contributed by atoms with E-state index < -0.39 is 0 Å². The summed E-state index contributed by atoms with van der Waals surface area (Å²) >= 11 is 2.93. The lowest BCUT2D eigenvalue weighted by Crippen LogP contribution is -2.46. The summed E-state index contributed by atoms with van der Waals surface area (Å²) < 4.78 is 0.839. The molecule has 0 bridgehead atoms. The van der Waals surface area contributed by atoms with E-state index in [1.54, 1.807) is 5.51 Å². The van der Waals surface area contributed by atoms with Crippen LogP contribution in [-0.2, 0) is 4.79 Å². The molecular formula is C16H20N4OS2. The summed E-state index contributed by atoms with van der Waals surface area (Å²) in [6.45, 7) is 3.88. The van der Waals surface area contributed by atoms with Gasteiger partial charge in [-0.1, -0.05) is 41.3 Å². The molecule has 2 aromatic rings. The van der Waals surface area contributed by atoms with Gasteiger partial charge in [-0.25, -0.2) is 0 Å². The van der Waals surface area contributed by atoms with Crippen LogP contribution < -0.4 is 10.2 Å². The van der Waals surface area contributed by atoms with Crippen molar-refractivity contribution in [3.05, 3.63) is 35.8 Å². The fourth-order valence-corrected chi connectivity index (χ4v) is 4.29. The molecule has 1 amide bonds. The highest BCUT2D eigenvalue weighted by molar-refractivity contribution is 8.02. The van der Waals surface area contributed by atoms with Crippen molar-refractivity contribution in [1.82, 2.24) is 15.5 Å². The highest BCUT2D eigenvalue weighted by Crippen LogP contribution is 2.25. The van der Waals surface area contributed by atoms with E-state index >= 15 is 0 Å².